The van der Waals surface area contributed by atoms with Crippen LogP contribution in [0.3, 0.4) is 0 Å². The number of carbonyl (C=O) groups is 12. The maximum atomic E-state index is 12.9. The molecule has 6 fully saturated rings. The van der Waals surface area contributed by atoms with Crippen molar-refractivity contribution in [2.75, 3.05) is 119 Å². The zero-order valence-corrected chi connectivity index (χ0v) is 60.3. The van der Waals surface area contributed by atoms with E-state index in [0.29, 0.717) is 121 Å². The van der Waals surface area contributed by atoms with Crippen LogP contribution < -0.4 is 25.3 Å². The Balaban J connectivity index is 0.000000251. The van der Waals surface area contributed by atoms with Gasteiger partial charge in [0.25, 0.3) is 29.5 Å². The Hall–Kier alpha value is -8.12. The third-order valence-electron chi connectivity index (χ3n) is 17.8. The molecule has 0 aromatic heterocycles. The first-order valence-corrected chi connectivity index (χ1v) is 34.8. The van der Waals surface area contributed by atoms with Crippen LogP contribution >= 0.6 is 35.0 Å². The van der Waals surface area contributed by atoms with Crippen LogP contribution in [0.4, 0.5) is 26.7 Å². The summed E-state index contributed by atoms with van der Waals surface area (Å²) in [5, 5.41) is 5.65. The molecule has 9 aliphatic heterocycles. The molecular formula is C70H100ClIN12O15. The number of piperidine rings is 3. The van der Waals surface area contributed by atoms with Gasteiger partial charge in [0.15, 0.2) is 0 Å². The third-order valence-corrected chi connectivity index (χ3v) is 17.8. The molecule has 0 spiro atoms. The SMILES string of the molecule is C.C.CC(C)(C)OC(=O)N1CCN(c2ccc3c(c2)CN(C2CCC(=O)NC2=O)C3=O)CC1.CCOC(C)=O.CI.CN1C(=O)CCC(N2Cc3cc(N4CCN(C(=O)OC(C)(C)C)CC4)ccc3C2=O)C1=O.CN1C(=O)CCC(N2Cc3cc(N4CCNCC4)ccc3C2=O)C1=O.Cl. The molecule has 27 nitrogen and oxygen atoms in total. The van der Waals surface area contributed by atoms with Crippen molar-refractivity contribution in [2.45, 2.75) is 158 Å². The van der Waals surface area contributed by atoms with E-state index in [9.17, 15) is 57.5 Å². The van der Waals surface area contributed by atoms with E-state index in [1.165, 1.54) is 21.0 Å². The van der Waals surface area contributed by atoms with Crippen LogP contribution in [-0.4, -0.2) is 239 Å². The molecular weight excluding hydrogens is 1410 g/mol. The molecule has 29 heteroatoms. The van der Waals surface area contributed by atoms with Gasteiger partial charge in [-0.1, -0.05) is 37.4 Å². The highest BCUT2D eigenvalue weighted by atomic mass is 127. The van der Waals surface area contributed by atoms with Gasteiger partial charge in [0, 0.05) is 172 Å². The molecule has 3 atom stereocenters. The van der Waals surface area contributed by atoms with Gasteiger partial charge < -0.3 is 58.7 Å². The molecule has 99 heavy (non-hydrogen) atoms. The number of nitrogens with one attached hydrogen (secondary N) is 2. The average molecular weight is 1510 g/mol. The summed E-state index contributed by atoms with van der Waals surface area (Å²) in [7, 11) is 2.96. The Morgan fingerprint density at radius 2 is 0.838 bits per heavy atom. The number of carbonyl (C=O) groups excluding carboxylic acids is 12. The van der Waals surface area contributed by atoms with Crippen molar-refractivity contribution in [3.8, 4) is 0 Å². The first-order chi connectivity index (χ1) is 45.5. The molecule has 12 rings (SSSR count). The number of imide groups is 3. The van der Waals surface area contributed by atoms with E-state index in [1.807, 2.05) is 88.9 Å². The second kappa shape index (κ2) is 35.3. The third kappa shape index (κ3) is 19.9. The number of halogens is 2. The maximum absolute atomic E-state index is 12.9. The topological polar surface area (TPSA) is 289 Å². The number of fused-ring (bicyclic) bond motifs is 3. The van der Waals surface area contributed by atoms with E-state index >= 15 is 0 Å². The largest absolute Gasteiger partial charge is 0.466 e. The minimum absolute atomic E-state index is 0. The normalized spacial score (nSPS) is 20.5. The molecule has 0 radical (unpaired) electrons. The van der Waals surface area contributed by atoms with Gasteiger partial charge >= 0.3 is 18.2 Å². The quantitative estimate of drug-likeness (QED) is 0.0802. The Bertz CT molecular complexity index is 3490. The zero-order chi connectivity index (χ0) is 70.1. The van der Waals surface area contributed by atoms with Gasteiger partial charge in [0.2, 0.25) is 23.6 Å². The molecule has 3 unspecified atom stereocenters. The number of hydrogen-bond donors (Lipinski definition) is 2. The average Bonchev–Trinajstić information content (AvgIpc) is 1.65. The van der Waals surface area contributed by atoms with Gasteiger partial charge in [-0.05, 0) is 144 Å². The number of benzene rings is 3. The highest BCUT2D eigenvalue weighted by molar-refractivity contribution is 14.1. The molecule has 0 aliphatic carbocycles. The molecule has 9 aliphatic rings. The number of hydrogen-bond acceptors (Lipinski definition) is 19. The lowest BCUT2D eigenvalue weighted by atomic mass is 10.0. The van der Waals surface area contributed by atoms with Gasteiger partial charge in [-0.15, -0.1) is 12.4 Å². The van der Waals surface area contributed by atoms with Crippen molar-refractivity contribution >= 4 is 123 Å². The summed E-state index contributed by atoms with van der Waals surface area (Å²) in [5.41, 5.74) is 6.66. The fourth-order valence-electron chi connectivity index (χ4n) is 12.8. The summed E-state index contributed by atoms with van der Waals surface area (Å²) in [4.78, 5) is 164. The van der Waals surface area contributed by atoms with Crippen molar-refractivity contribution in [1.82, 2.24) is 44.9 Å². The molecule has 3 aromatic carbocycles. The lowest BCUT2D eigenvalue weighted by molar-refractivity contribution is -0.151. The number of nitrogens with zero attached hydrogens (tertiary/aromatic N) is 10. The van der Waals surface area contributed by atoms with Crippen LogP contribution in [0, 0.1) is 0 Å². The minimum atomic E-state index is -0.613. The second-order valence-electron chi connectivity index (χ2n) is 26.6. The summed E-state index contributed by atoms with van der Waals surface area (Å²) in [6.07, 6.45) is 1.33. The van der Waals surface area contributed by atoms with Gasteiger partial charge in [-0.2, -0.15) is 0 Å². The zero-order valence-electron chi connectivity index (χ0n) is 57.4. The van der Waals surface area contributed by atoms with Crippen molar-refractivity contribution in [3.05, 3.63) is 88.0 Å². The first-order valence-electron chi connectivity index (χ1n) is 32.7. The number of amides is 11. The number of piperazine rings is 3. The van der Waals surface area contributed by atoms with Crippen LogP contribution in [0.25, 0.3) is 0 Å². The Kier molecular flexibility index (Phi) is 29.1. The fourth-order valence-corrected chi connectivity index (χ4v) is 12.8. The molecule has 2 N–H and O–H groups in total. The Morgan fingerprint density at radius 1 is 0.505 bits per heavy atom. The monoisotopic (exact) mass is 1510 g/mol. The molecule has 3 aromatic rings. The highest BCUT2D eigenvalue weighted by Crippen LogP contribution is 2.35. The summed E-state index contributed by atoms with van der Waals surface area (Å²) < 4.78 is 15.3. The molecule has 6 saturated heterocycles. The van der Waals surface area contributed by atoms with Crippen molar-refractivity contribution < 1.29 is 71.7 Å². The van der Waals surface area contributed by atoms with Crippen LogP contribution in [0.5, 0.6) is 0 Å². The molecule has 11 amide bonds. The molecule has 9 heterocycles. The lowest BCUT2D eigenvalue weighted by Crippen LogP contribution is -2.53. The van der Waals surface area contributed by atoms with Crippen LogP contribution in [0.15, 0.2) is 54.6 Å². The predicted octanol–water partition coefficient (Wildman–Crippen LogP) is 6.87. The van der Waals surface area contributed by atoms with Gasteiger partial charge in [0.1, 0.15) is 29.3 Å². The first kappa shape index (κ1) is 81.6. The minimum Gasteiger partial charge on any atom is -0.466 e. The standard InChI is InChI=1S/C23H30N4O5.C22H28N4O5.C18H22N4O3.C4H8O2.CH3I.2CH4.ClH/c1-23(2,3)32-22(31)26-11-9-25(10-12-26)16-5-6-17-15(13-16)14-27(20(17)29)18-7-8-19(28)24(4)21(18)30;1-22(2,3)31-21(30)25-10-8-24(9-11-25)15-4-5-16-14(12-15)13-26(20(16)29)17-6-7-18(27)23-19(17)28;1-20-16(23)5-4-15(18(20)25)22-11-12-10-13(2-3-14(12)17(22)24)21-8-6-19-7-9-21;1-3-6-4(2)5;1-2;;;/h5-6,13,18H,7-12,14H2,1-4H3;4-5,12,17H,6-11,13H2,1-3H3,(H,23,27,28);2-3,10,15,19H,4-9,11H2,1H3;3H2,1-2H3;1H3;2*1H4;1H. The maximum Gasteiger partial charge on any atom is 0.410 e. The van der Waals surface area contributed by atoms with Crippen LogP contribution in [-0.2, 0) is 67.4 Å². The fraction of sp³-hybridized carbons (Fsp3) is 0.571. The molecule has 0 saturated carbocycles. The Morgan fingerprint density at radius 3 is 1.15 bits per heavy atom. The van der Waals surface area contributed by atoms with Crippen molar-refractivity contribution in [1.29, 1.82) is 0 Å². The summed E-state index contributed by atoms with van der Waals surface area (Å²) in [5.74, 6) is -2.34. The summed E-state index contributed by atoms with van der Waals surface area (Å²) in [6.45, 7) is 24.7. The van der Waals surface area contributed by atoms with E-state index in [0.717, 1.165) is 69.7 Å². The number of rotatable bonds is 7. The summed E-state index contributed by atoms with van der Waals surface area (Å²) in [6, 6.07) is 15.6. The van der Waals surface area contributed by atoms with Gasteiger partial charge in [-0.25, -0.2) is 9.59 Å². The van der Waals surface area contributed by atoms with Crippen LogP contribution in [0.1, 0.15) is 157 Å². The smallest absolute Gasteiger partial charge is 0.410 e. The Labute approximate surface area is 601 Å². The number of likely N-dealkylation sites (tertiary alicyclic amines) is 2. The van der Waals surface area contributed by atoms with E-state index in [1.54, 1.807) is 37.5 Å². The highest BCUT2D eigenvalue weighted by Gasteiger charge is 2.44. The van der Waals surface area contributed by atoms with Crippen LogP contribution in [0.2, 0.25) is 0 Å². The number of esters is 1. The molecule has 0 bridgehead atoms. The van der Waals surface area contributed by atoms with Crippen molar-refractivity contribution in [3.63, 3.8) is 0 Å². The van der Waals surface area contributed by atoms with E-state index < -0.39 is 35.2 Å². The van der Waals surface area contributed by atoms with Crippen molar-refractivity contribution in [2.24, 2.45) is 0 Å². The van der Waals surface area contributed by atoms with E-state index in [4.69, 9.17) is 9.47 Å². The predicted molar refractivity (Wildman–Crippen MR) is 385 cm³/mol. The van der Waals surface area contributed by atoms with Gasteiger partial charge in [-0.3, -0.25) is 63.1 Å². The van der Waals surface area contributed by atoms with E-state index in [2.05, 4.69) is 58.7 Å². The summed E-state index contributed by atoms with van der Waals surface area (Å²) >= 11 is 2.15. The molecule has 544 valence electrons. The second-order valence-corrected chi connectivity index (χ2v) is 26.6. The number of ether oxygens (including phenoxy) is 3. The number of anilines is 3. The lowest BCUT2D eigenvalue weighted by Gasteiger charge is -2.36. The number of alkyl halides is 1. The number of likely N-dealkylation sites (N-methyl/N-ethyl adjacent to an activating group) is 2. The van der Waals surface area contributed by atoms with Gasteiger partial charge in [0.05, 0.1) is 6.61 Å². The van der Waals surface area contributed by atoms with E-state index in [-0.39, 0.29) is 106 Å².